The molecular formula is C19H12ClN3O2S. The molecule has 0 N–H and O–H groups in total. The van der Waals surface area contributed by atoms with Crippen molar-refractivity contribution in [2.45, 2.75) is 9.79 Å². The molecule has 0 unspecified atom stereocenters. The summed E-state index contributed by atoms with van der Waals surface area (Å²) < 4.78 is 1.72. The second kappa shape index (κ2) is 6.82. The van der Waals surface area contributed by atoms with E-state index in [2.05, 4.69) is 5.10 Å². The van der Waals surface area contributed by atoms with Gasteiger partial charge >= 0.3 is 0 Å². The second-order valence-electron chi connectivity index (χ2n) is 5.58. The lowest BCUT2D eigenvalue weighted by atomic mass is 10.2. The molecule has 0 aliphatic carbocycles. The summed E-state index contributed by atoms with van der Waals surface area (Å²) in [7, 11) is 0. The molecule has 26 heavy (non-hydrogen) atoms. The van der Waals surface area contributed by atoms with Gasteiger partial charge in [0.25, 0.3) is 5.69 Å². The highest BCUT2D eigenvalue weighted by Gasteiger charge is 2.17. The monoisotopic (exact) mass is 381 g/mol. The highest BCUT2D eigenvalue weighted by atomic mass is 35.5. The van der Waals surface area contributed by atoms with E-state index in [0.29, 0.717) is 10.5 Å². The first-order valence-corrected chi connectivity index (χ1v) is 8.96. The van der Waals surface area contributed by atoms with Gasteiger partial charge in [-0.15, -0.1) is 0 Å². The van der Waals surface area contributed by atoms with Gasteiger partial charge in [0.1, 0.15) is 0 Å². The fraction of sp³-hybridized carbons (Fsp3) is 0. The third kappa shape index (κ3) is 3.16. The fourth-order valence-corrected chi connectivity index (χ4v) is 3.77. The van der Waals surface area contributed by atoms with Crippen LogP contribution in [0.25, 0.3) is 16.6 Å². The molecular weight excluding hydrogens is 370 g/mol. The zero-order valence-corrected chi connectivity index (χ0v) is 14.9. The minimum absolute atomic E-state index is 0.0339. The van der Waals surface area contributed by atoms with Gasteiger partial charge in [-0.3, -0.25) is 10.1 Å². The third-order valence-corrected chi connectivity index (χ3v) is 5.21. The van der Waals surface area contributed by atoms with Crippen LogP contribution in [0.5, 0.6) is 0 Å². The lowest BCUT2D eigenvalue weighted by molar-refractivity contribution is -0.384. The van der Waals surface area contributed by atoms with Gasteiger partial charge < -0.3 is 0 Å². The molecule has 0 atom stereocenters. The Labute approximate surface area is 158 Å². The zero-order chi connectivity index (χ0) is 18.1. The second-order valence-corrected chi connectivity index (χ2v) is 7.13. The van der Waals surface area contributed by atoms with E-state index < -0.39 is 0 Å². The van der Waals surface area contributed by atoms with Crippen molar-refractivity contribution in [1.29, 1.82) is 0 Å². The molecule has 0 saturated heterocycles. The van der Waals surface area contributed by atoms with E-state index in [4.69, 9.17) is 11.6 Å². The van der Waals surface area contributed by atoms with Crippen LogP contribution in [0.1, 0.15) is 0 Å². The zero-order valence-electron chi connectivity index (χ0n) is 13.4. The number of benzene rings is 3. The third-order valence-electron chi connectivity index (χ3n) is 3.89. The Morgan fingerprint density at radius 2 is 1.77 bits per heavy atom. The number of aromatic nitrogens is 2. The van der Waals surface area contributed by atoms with Crippen LogP contribution in [0.3, 0.4) is 0 Å². The molecule has 5 nitrogen and oxygen atoms in total. The lowest BCUT2D eigenvalue weighted by Gasteiger charge is -2.06. The van der Waals surface area contributed by atoms with Crippen LogP contribution in [0, 0.1) is 10.1 Å². The number of para-hydroxylation sites is 1. The van der Waals surface area contributed by atoms with Crippen LogP contribution < -0.4 is 0 Å². The molecule has 3 aromatic carbocycles. The number of nitro groups is 1. The van der Waals surface area contributed by atoms with Crippen molar-refractivity contribution in [2.75, 3.05) is 0 Å². The number of hydrogen-bond acceptors (Lipinski definition) is 4. The van der Waals surface area contributed by atoms with Crippen LogP contribution >= 0.6 is 23.4 Å². The first-order valence-electron chi connectivity index (χ1n) is 7.77. The summed E-state index contributed by atoms with van der Waals surface area (Å²) in [4.78, 5) is 12.8. The quantitative estimate of drug-likeness (QED) is 0.334. The lowest BCUT2D eigenvalue weighted by Crippen LogP contribution is -1.96. The first kappa shape index (κ1) is 16.6. The number of halogens is 1. The van der Waals surface area contributed by atoms with Crippen molar-refractivity contribution in [3.8, 4) is 5.69 Å². The normalized spacial score (nSPS) is 11.0. The maximum Gasteiger partial charge on any atom is 0.272 e. The van der Waals surface area contributed by atoms with Crippen molar-refractivity contribution in [1.82, 2.24) is 9.78 Å². The van der Waals surface area contributed by atoms with Crippen molar-refractivity contribution in [3.63, 3.8) is 0 Å². The Hall–Kier alpha value is -2.83. The molecule has 4 aromatic rings. The van der Waals surface area contributed by atoms with Crippen LogP contribution in [0.2, 0.25) is 5.02 Å². The Kier molecular flexibility index (Phi) is 4.36. The highest BCUT2D eigenvalue weighted by Crippen LogP contribution is 2.37. The van der Waals surface area contributed by atoms with Gasteiger partial charge in [-0.1, -0.05) is 41.6 Å². The van der Waals surface area contributed by atoms with E-state index in [1.54, 1.807) is 35.1 Å². The molecule has 4 rings (SSSR count). The van der Waals surface area contributed by atoms with E-state index in [-0.39, 0.29) is 10.6 Å². The van der Waals surface area contributed by atoms with E-state index >= 15 is 0 Å². The highest BCUT2D eigenvalue weighted by molar-refractivity contribution is 7.99. The molecule has 0 fully saturated rings. The number of nitrogens with zero attached hydrogens (tertiary/aromatic N) is 3. The summed E-state index contributed by atoms with van der Waals surface area (Å²) in [6, 6.07) is 20.1. The molecule has 0 aliphatic heterocycles. The van der Waals surface area contributed by atoms with Gasteiger partial charge in [0.2, 0.25) is 0 Å². The number of nitro benzene ring substituents is 1. The number of hydrogen-bond donors (Lipinski definition) is 0. The van der Waals surface area contributed by atoms with Crippen LogP contribution in [0.15, 0.2) is 82.7 Å². The standard InChI is InChI=1S/C19H12ClN3O2S/c20-13-6-8-16(9-7-13)26-19-11-15(23(24)25)10-18-17(19)12-21-22(18)14-4-2-1-3-5-14/h1-12H. The first-order chi connectivity index (χ1) is 12.6. The predicted octanol–water partition coefficient (Wildman–Crippen LogP) is 5.74. The van der Waals surface area contributed by atoms with Gasteiger partial charge in [0.15, 0.2) is 0 Å². The van der Waals surface area contributed by atoms with Crippen LogP contribution in [-0.4, -0.2) is 14.7 Å². The summed E-state index contributed by atoms with van der Waals surface area (Å²) in [5.41, 5.74) is 1.58. The maximum atomic E-state index is 11.4. The van der Waals surface area contributed by atoms with Crippen molar-refractivity contribution < 1.29 is 4.92 Å². The van der Waals surface area contributed by atoms with Crippen molar-refractivity contribution in [3.05, 3.63) is 88.1 Å². The Bertz CT molecular complexity index is 1100. The molecule has 1 aromatic heterocycles. The Balaban J connectivity index is 1.88. The van der Waals surface area contributed by atoms with Gasteiger partial charge in [-0.2, -0.15) is 5.10 Å². The van der Waals surface area contributed by atoms with E-state index in [9.17, 15) is 10.1 Å². The molecule has 0 amide bonds. The van der Waals surface area contributed by atoms with E-state index in [1.807, 2.05) is 42.5 Å². The number of non-ortho nitro benzene ring substituents is 1. The van der Waals surface area contributed by atoms with Crippen LogP contribution in [-0.2, 0) is 0 Å². The Morgan fingerprint density at radius 3 is 2.46 bits per heavy atom. The van der Waals surface area contributed by atoms with Crippen molar-refractivity contribution in [2.24, 2.45) is 0 Å². The fourth-order valence-electron chi connectivity index (χ4n) is 2.67. The average molecular weight is 382 g/mol. The molecule has 0 saturated carbocycles. The summed E-state index contributed by atoms with van der Waals surface area (Å²) in [5, 5.41) is 17.4. The van der Waals surface area contributed by atoms with Crippen molar-refractivity contribution >= 4 is 40.0 Å². The summed E-state index contributed by atoms with van der Waals surface area (Å²) in [6.07, 6.45) is 1.74. The van der Waals surface area contributed by atoms with Gasteiger partial charge in [0.05, 0.1) is 22.3 Å². The van der Waals surface area contributed by atoms with Gasteiger partial charge in [0, 0.05) is 32.3 Å². The number of fused-ring (bicyclic) bond motifs is 1. The number of rotatable bonds is 4. The maximum absolute atomic E-state index is 11.4. The molecule has 7 heteroatoms. The SMILES string of the molecule is O=[N+]([O-])c1cc(Sc2ccc(Cl)cc2)c2cnn(-c3ccccc3)c2c1. The summed E-state index contributed by atoms with van der Waals surface area (Å²) in [5.74, 6) is 0. The van der Waals surface area contributed by atoms with Gasteiger partial charge in [-0.25, -0.2) is 4.68 Å². The smallest absolute Gasteiger partial charge is 0.258 e. The molecule has 0 aliphatic rings. The van der Waals surface area contributed by atoms with E-state index in [0.717, 1.165) is 20.9 Å². The molecule has 0 spiro atoms. The minimum Gasteiger partial charge on any atom is -0.258 e. The molecule has 128 valence electrons. The van der Waals surface area contributed by atoms with E-state index in [1.165, 1.54) is 11.8 Å². The molecule has 1 heterocycles. The Morgan fingerprint density at radius 1 is 1.04 bits per heavy atom. The van der Waals surface area contributed by atoms with Crippen LogP contribution in [0.4, 0.5) is 5.69 Å². The largest absolute Gasteiger partial charge is 0.272 e. The molecule has 0 bridgehead atoms. The topological polar surface area (TPSA) is 61.0 Å². The predicted molar refractivity (Wildman–Crippen MR) is 103 cm³/mol. The molecule has 0 radical (unpaired) electrons. The minimum atomic E-state index is -0.381. The summed E-state index contributed by atoms with van der Waals surface area (Å²) >= 11 is 7.39. The average Bonchev–Trinajstić information content (AvgIpc) is 3.08. The summed E-state index contributed by atoms with van der Waals surface area (Å²) in [6.45, 7) is 0. The van der Waals surface area contributed by atoms with Gasteiger partial charge in [-0.05, 0) is 36.4 Å².